The standard InChI is InChI=1S/C33H28ClFN6O4S2/c1-44-27-13-10-21(15-28(27)45-2)32(43)36-18-30-37-38-33(40(30)24-6-3-5-22(34)16-24)47-19-31(42)41-26(20-8-11-23(35)12-9-20)17-25(39-41)29-7-4-14-46-29/h3-16,26H,17-19H2,1-2H3,(H,36,43). The Labute approximate surface area is 283 Å². The van der Waals surface area contributed by atoms with Crippen LogP contribution in [-0.4, -0.2) is 57.3 Å². The summed E-state index contributed by atoms with van der Waals surface area (Å²) in [5, 5.41) is 20.6. The van der Waals surface area contributed by atoms with Gasteiger partial charge in [-0.25, -0.2) is 9.40 Å². The maximum atomic E-state index is 13.7. The van der Waals surface area contributed by atoms with E-state index in [1.165, 1.54) is 43.1 Å². The highest BCUT2D eigenvalue weighted by atomic mass is 35.5. The molecule has 0 saturated carbocycles. The molecule has 2 aromatic heterocycles. The number of carbonyl (C=O) groups excluding carboxylic acids is 2. The molecule has 6 rings (SSSR count). The van der Waals surface area contributed by atoms with E-state index in [0.717, 1.165) is 16.2 Å². The van der Waals surface area contributed by atoms with Gasteiger partial charge in [0.25, 0.3) is 11.8 Å². The summed E-state index contributed by atoms with van der Waals surface area (Å²) in [7, 11) is 3.02. The Hall–Kier alpha value is -4.72. The molecule has 0 spiro atoms. The second-order valence-electron chi connectivity index (χ2n) is 10.3. The first-order valence-electron chi connectivity index (χ1n) is 14.4. The van der Waals surface area contributed by atoms with E-state index in [1.54, 1.807) is 64.4 Å². The van der Waals surface area contributed by atoms with Crippen molar-refractivity contribution in [2.24, 2.45) is 5.10 Å². The Morgan fingerprint density at radius 1 is 1.02 bits per heavy atom. The summed E-state index contributed by atoms with van der Waals surface area (Å²) in [5.74, 6) is 0.408. The fraction of sp³-hybridized carbons (Fsp3) is 0.182. The molecule has 14 heteroatoms. The highest BCUT2D eigenvalue weighted by Gasteiger charge is 2.34. The molecule has 1 aliphatic rings. The molecule has 3 aromatic carbocycles. The maximum Gasteiger partial charge on any atom is 0.253 e. The van der Waals surface area contributed by atoms with Gasteiger partial charge >= 0.3 is 0 Å². The van der Waals surface area contributed by atoms with Gasteiger partial charge in [-0.2, -0.15) is 5.10 Å². The summed E-state index contributed by atoms with van der Waals surface area (Å²) >= 11 is 9.06. The number of halogens is 2. The monoisotopic (exact) mass is 690 g/mol. The van der Waals surface area contributed by atoms with Gasteiger partial charge < -0.3 is 14.8 Å². The number of ether oxygens (including phenoxy) is 2. The van der Waals surface area contributed by atoms with Gasteiger partial charge in [0.1, 0.15) is 5.82 Å². The van der Waals surface area contributed by atoms with Crippen molar-refractivity contribution in [2.75, 3.05) is 20.0 Å². The van der Waals surface area contributed by atoms with Crippen molar-refractivity contribution < 1.29 is 23.5 Å². The number of aromatic nitrogens is 3. The zero-order valence-corrected chi connectivity index (χ0v) is 27.6. The molecule has 0 saturated heterocycles. The molecule has 0 radical (unpaired) electrons. The molecule has 240 valence electrons. The van der Waals surface area contributed by atoms with Crippen molar-refractivity contribution in [3.63, 3.8) is 0 Å². The predicted molar refractivity (Wildman–Crippen MR) is 179 cm³/mol. The van der Waals surface area contributed by atoms with Crippen LogP contribution < -0.4 is 14.8 Å². The topological polar surface area (TPSA) is 111 Å². The molecule has 2 amide bonds. The second-order valence-corrected chi connectivity index (χ2v) is 12.6. The van der Waals surface area contributed by atoms with Crippen LogP contribution >= 0.6 is 34.7 Å². The fourth-order valence-electron chi connectivity index (χ4n) is 5.09. The molecule has 1 unspecified atom stereocenters. The summed E-state index contributed by atoms with van der Waals surface area (Å²) in [5.41, 5.74) is 2.62. The Balaban J connectivity index is 1.23. The number of hydrogen-bond donors (Lipinski definition) is 1. The largest absolute Gasteiger partial charge is 0.493 e. The lowest BCUT2D eigenvalue weighted by molar-refractivity contribution is -0.130. The van der Waals surface area contributed by atoms with Crippen LogP contribution in [0.2, 0.25) is 5.02 Å². The number of thioether (sulfide) groups is 1. The van der Waals surface area contributed by atoms with Gasteiger partial charge in [0.2, 0.25) is 0 Å². The van der Waals surface area contributed by atoms with Gasteiger partial charge in [-0.1, -0.05) is 47.6 Å². The highest BCUT2D eigenvalue weighted by Crippen LogP contribution is 2.35. The number of nitrogens with zero attached hydrogens (tertiary/aromatic N) is 5. The Morgan fingerprint density at radius 3 is 2.55 bits per heavy atom. The smallest absolute Gasteiger partial charge is 0.253 e. The van der Waals surface area contributed by atoms with Gasteiger partial charge in [0.15, 0.2) is 22.5 Å². The molecular weight excluding hydrogens is 663 g/mol. The lowest BCUT2D eigenvalue weighted by Crippen LogP contribution is -2.28. The highest BCUT2D eigenvalue weighted by molar-refractivity contribution is 7.99. The molecule has 47 heavy (non-hydrogen) atoms. The Bertz CT molecular complexity index is 1930. The van der Waals surface area contributed by atoms with Crippen LogP contribution in [0.5, 0.6) is 11.5 Å². The summed E-state index contributed by atoms with van der Waals surface area (Å²) in [6.45, 7) is 0.0361. The van der Waals surface area contributed by atoms with Crippen molar-refractivity contribution in [3.8, 4) is 17.2 Å². The number of hydrazone groups is 1. The second kappa shape index (κ2) is 14.4. The van der Waals surface area contributed by atoms with Crippen LogP contribution in [0.15, 0.2) is 94.5 Å². The Morgan fingerprint density at radius 2 is 1.83 bits per heavy atom. The zero-order valence-electron chi connectivity index (χ0n) is 25.2. The SMILES string of the molecule is COc1ccc(C(=O)NCc2nnc(SCC(=O)N3N=C(c4cccs4)CC3c3ccc(F)cc3)n2-c2cccc(Cl)c2)cc1OC. The average Bonchev–Trinajstić information content (AvgIpc) is 3.86. The average molecular weight is 691 g/mol. The minimum absolute atomic E-state index is 0.00435. The molecule has 5 aromatic rings. The lowest BCUT2D eigenvalue weighted by atomic mass is 10.0. The summed E-state index contributed by atoms with van der Waals surface area (Å²) in [6.07, 6.45) is 0.505. The van der Waals surface area contributed by atoms with Crippen LogP contribution in [0.3, 0.4) is 0 Å². The number of rotatable bonds is 11. The molecule has 1 atom stereocenters. The van der Waals surface area contributed by atoms with Gasteiger partial charge in [0.05, 0.1) is 48.8 Å². The first-order chi connectivity index (χ1) is 22.8. The van der Waals surface area contributed by atoms with Crippen molar-refractivity contribution in [2.45, 2.75) is 24.2 Å². The van der Waals surface area contributed by atoms with E-state index < -0.39 is 0 Å². The molecule has 0 aliphatic carbocycles. The van der Waals surface area contributed by atoms with Crippen molar-refractivity contribution in [1.82, 2.24) is 25.1 Å². The fourth-order valence-corrected chi connectivity index (χ4v) is 6.82. The summed E-state index contributed by atoms with van der Waals surface area (Å²) in [4.78, 5) is 27.8. The number of methoxy groups -OCH3 is 2. The van der Waals surface area contributed by atoms with E-state index in [0.29, 0.717) is 45.2 Å². The summed E-state index contributed by atoms with van der Waals surface area (Å²) in [6, 6.07) is 21.7. The predicted octanol–water partition coefficient (Wildman–Crippen LogP) is 6.54. The van der Waals surface area contributed by atoms with E-state index in [4.69, 9.17) is 26.2 Å². The quantitative estimate of drug-likeness (QED) is 0.157. The zero-order chi connectivity index (χ0) is 32.9. The molecule has 0 fully saturated rings. The molecular formula is C33H28ClFN6O4S2. The first-order valence-corrected chi connectivity index (χ1v) is 16.6. The normalized spacial score (nSPS) is 14.2. The third-order valence-corrected chi connectivity index (χ3v) is 9.44. The van der Waals surface area contributed by atoms with Crippen LogP contribution in [0, 0.1) is 5.82 Å². The first kappa shape index (κ1) is 32.2. The maximum absolute atomic E-state index is 13.7. The van der Waals surface area contributed by atoms with E-state index in [-0.39, 0.29) is 36.0 Å². The Kier molecular flexibility index (Phi) is 9.85. The molecule has 1 aliphatic heterocycles. The number of hydrogen-bond acceptors (Lipinski definition) is 9. The van der Waals surface area contributed by atoms with Crippen molar-refractivity contribution in [3.05, 3.63) is 117 Å². The summed E-state index contributed by atoms with van der Waals surface area (Å²) < 4.78 is 26.1. The molecule has 0 bridgehead atoms. The van der Waals surface area contributed by atoms with Gasteiger partial charge in [-0.15, -0.1) is 21.5 Å². The van der Waals surface area contributed by atoms with E-state index in [9.17, 15) is 14.0 Å². The van der Waals surface area contributed by atoms with Gasteiger partial charge in [-0.05, 0) is 65.5 Å². The van der Waals surface area contributed by atoms with Gasteiger partial charge in [0, 0.05) is 17.0 Å². The van der Waals surface area contributed by atoms with Crippen LogP contribution in [0.25, 0.3) is 5.69 Å². The minimum Gasteiger partial charge on any atom is -0.493 e. The minimum atomic E-state index is -0.381. The lowest BCUT2D eigenvalue weighted by Gasteiger charge is -2.22. The van der Waals surface area contributed by atoms with E-state index in [2.05, 4.69) is 15.5 Å². The van der Waals surface area contributed by atoms with Crippen LogP contribution in [0.1, 0.15) is 39.1 Å². The number of carbonyl (C=O) groups is 2. The van der Waals surface area contributed by atoms with Gasteiger partial charge in [-0.3, -0.25) is 14.2 Å². The van der Waals surface area contributed by atoms with Crippen molar-refractivity contribution in [1.29, 1.82) is 0 Å². The number of amides is 2. The number of nitrogens with one attached hydrogen (secondary N) is 1. The van der Waals surface area contributed by atoms with Crippen LogP contribution in [-0.2, 0) is 11.3 Å². The molecule has 10 nitrogen and oxygen atoms in total. The van der Waals surface area contributed by atoms with E-state index in [1.807, 2.05) is 23.6 Å². The van der Waals surface area contributed by atoms with Crippen LogP contribution in [0.4, 0.5) is 4.39 Å². The van der Waals surface area contributed by atoms with E-state index >= 15 is 0 Å². The third kappa shape index (κ3) is 7.17. The third-order valence-electron chi connectivity index (χ3n) is 7.37. The molecule has 3 heterocycles. The number of benzene rings is 3. The molecule has 1 N–H and O–H groups in total. The van der Waals surface area contributed by atoms with Crippen molar-refractivity contribution >= 4 is 52.2 Å². The number of thiophene rings is 1.